The molecule has 0 N–H and O–H groups in total. The molecule has 250 valence electrons. The van der Waals surface area contributed by atoms with Gasteiger partial charge in [-0.3, -0.25) is 0 Å². The Labute approximate surface area is 262 Å². The van der Waals surface area contributed by atoms with Crippen molar-refractivity contribution in [1.29, 1.82) is 0 Å². The van der Waals surface area contributed by atoms with Crippen LogP contribution in [0.5, 0.6) is 0 Å². The van der Waals surface area contributed by atoms with Crippen LogP contribution in [0.1, 0.15) is 172 Å². The molecule has 0 spiro atoms. The maximum Gasteiger partial charge on any atom is 0.0657 e. The molecular weight excluding hydrogens is 500 g/mol. The van der Waals surface area contributed by atoms with E-state index in [-0.39, 0.29) is 25.7 Å². The van der Waals surface area contributed by atoms with Gasteiger partial charge in [0, 0.05) is 13.2 Å². The van der Waals surface area contributed by atoms with Gasteiger partial charge in [-0.05, 0) is 81.8 Å². The third kappa shape index (κ3) is 13.2. The summed E-state index contributed by atoms with van der Waals surface area (Å²) in [6.07, 6.45) is 7.68. The van der Waals surface area contributed by atoms with Crippen LogP contribution in [-0.4, -0.2) is 25.4 Å². The minimum Gasteiger partial charge on any atom is -0.377 e. The smallest absolute Gasteiger partial charge is 0.0657 e. The van der Waals surface area contributed by atoms with E-state index in [1.807, 2.05) is 0 Å². The molecule has 2 aliphatic heterocycles. The third-order valence-electron chi connectivity index (χ3n) is 9.86. The average molecular weight is 583 g/mol. The Morgan fingerprint density at radius 1 is 0.341 bits per heavy atom. The maximum absolute atomic E-state index is 5.86. The van der Waals surface area contributed by atoms with Gasteiger partial charge in [-0.25, -0.2) is 0 Å². The number of hydrogen-bond donors (Lipinski definition) is 0. The predicted octanol–water partition coefficient (Wildman–Crippen LogP) is 12.7. The number of ether oxygens (including phenoxy) is 2. The SMILES string of the molecule is C.C.CC(C)(C)C1CCCC1C(C)(C)C.CC(C)(C)C1CCOC1C(C)(C)C.CC(C)(C)C1CCOC1C(C)(C)C. The predicted molar refractivity (Wildman–Crippen MR) is 187 cm³/mol. The molecule has 0 aromatic rings. The van der Waals surface area contributed by atoms with Crippen LogP contribution >= 0.6 is 0 Å². The minimum atomic E-state index is 0. The lowest BCUT2D eigenvalue weighted by Gasteiger charge is -2.39. The Kier molecular flexibility index (Phi) is 16.0. The molecule has 0 amide bonds. The van der Waals surface area contributed by atoms with E-state index < -0.39 is 0 Å². The Balaban J connectivity index is 0. The van der Waals surface area contributed by atoms with Crippen LogP contribution < -0.4 is 0 Å². The zero-order valence-electron chi connectivity index (χ0n) is 30.2. The highest BCUT2D eigenvalue weighted by Gasteiger charge is 2.44. The summed E-state index contributed by atoms with van der Waals surface area (Å²) in [5.41, 5.74) is 2.36. The summed E-state index contributed by atoms with van der Waals surface area (Å²) >= 11 is 0. The Morgan fingerprint density at radius 3 is 0.756 bits per heavy atom. The maximum atomic E-state index is 5.86. The molecule has 2 heterocycles. The molecule has 6 atom stereocenters. The molecule has 3 fully saturated rings. The first-order chi connectivity index (χ1) is 17.2. The molecule has 0 aromatic carbocycles. The van der Waals surface area contributed by atoms with Gasteiger partial charge in [0.2, 0.25) is 0 Å². The molecule has 0 bridgehead atoms. The van der Waals surface area contributed by atoms with Gasteiger partial charge < -0.3 is 9.47 Å². The van der Waals surface area contributed by atoms with E-state index in [0.717, 1.165) is 25.0 Å². The molecular formula is C39H82O2. The molecule has 1 aliphatic carbocycles. The first kappa shape index (κ1) is 43.0. The quantitative estimate of drug-likeness (QED) is 0.283. The van der Waals surface area contributed by atoms with Crippen molar-refractivity contribution in [2.45, 2.75) is 184 Å². The van der Waals surface area contributed by atoms with E-state index in [0.29, 0.717) is 45.7 Å². The van der Waals surface area contributed by atoms with Crippen LogP contribution in [0.4, 0.5) is 0 Å². The van der Waals surface area contributed by atoms with Crippen LogP contribution in [0.25, 0.3) is 0 Å². The zero-order valence-corrected chi connectivity index (χ0v) is 30.2. The normalized spacial score (nSPS) is 29.4. The molecule has 2 nitrogen and oxygen atoms in total. The number of hydrogen-bond acceptors (Lipinski definition) is 2. The van der Waals surface area contributed by atoms with E-state index in [9.17, 15) is 0 Å². The number of rotatable bonds is 0. The van der Waals surface area contributed by atoms with Gasteiger partial charge in [0.05, 0.1) is 12.2 Å². The fourth-order valence-corrected chi connectivity index (χ4v) is 7.69. The molecule has 6 unspecified atom stereocenters. The molecule has 3 rings (SSSR count). The van der Waals surface area contributed by atoms with Crippen molar-refractivity contribution in [3.63, 3.8) is 0 Å². The Hall–Kier alpha value is -0.0800. The van der Waals surface area contributed by atoms with Crippen molar-refractivity contribution in [1.82, 2.24) is 0 Å². The Morgan fingerprint density at radius 2 is 0.585 bits per heavy atom. The first-order valence-corrected chi connectivity index (χ1v) is 16.4. The van der Waals surface area contributed by atoms with Crippen LogP contribution in [0, 0.1) is 56.2 Å². The third-order valence-corrected chi connectivity index (χ3v) is 9.86. The highest BCUT2D eigenvalue weighted by molar-refractivity contribution is 4.93. The van der Waals surface area contributed by atoms with Crippen molar-refractivity contribution in [2.24, 2.45) is 56.2 Å². The fraction of sp³-hybridized carbons (Fsp3) is 1.00. The highest BCUT2D eigenvalue weighted by atomic mass is 16.5. The second kappa shape index (κ2) is 15.3. The van der Waals surface area contributed by atoms with Gasteiger partial charge in [0.1, 0.15) is 0 Å². The molecule has 41 heavy (non-hydrogen) atoms. The molecule has 2 heteroatoms. The average Bonchev–Trinajstić information content (AvgIpc) is 3.45. The van der Waals surface area contributed by atoms with Gasteiger partial charge in [-0.1, -0.05) is 146 Å². The minimum absolute atomic E-state index is 0. The monoisotopic (exact) mass is 583 g/mol. The highest BCUT2D eigenvalue weighted by Crippen LogP contribution is 2.50. The van der Waals surface area contributed by atoms with Crippen LogP contribution in [0.3, 0.4) is 0 Å². The fourth-order valence-electron chi connectivity index (χ4n) is 7.69. The molecule has 1 saturated carbocycles. The first-order valence-electron chi connectivity index (χ1n) is 16.4. The van der Waals surface area contributed by atoms with Crippen molar-refractivity contribution >= 4 is 0 Å². The summed E-state index contributed by atoms with van der Waals surface area (Å²) < 4.78 is 11.7. The van der Waals surface area contributed by atoms with Crippen molar-refractivity contribution in [2.75, 3.05) is 13.2 Å². The molecule has 3 aliphatic rings. The second-order valence-electron chi connectivity index (χ2n) is 19.7. The standard InChI is InChI=1S/C13H26.2C12H24O.2CH4/c1-12(2,3)10-8-7-9-11(10)13(4,5)6;2*1-11(2,3)9-7-8-13-10(9)12(4,5)6;;/h10-11H,7-9H2,1-6H3;2*9-10H,7-8H2,1-6H3;2*1H4. The van der Waals surface area contributed by atoms with Crippen LogP contribution in [-0.2, 0) is 9.47 Å². The van der Waals surface area contributed by atoms with Gasteiger partial charge in [-0.2, -0.15) is 0 Å². The molecule has 0 radical (unpaired) electrons. The van der Waals surface area contributed by atoms with E-state index >= 15 is 0 Å². The van der Waals surface area contributed by atoms with Crippen LogP contribution in [0.15, 0.2) is 0 Å². The lowest BCUT2D eigenvalue weighted by molar-refractivity contribution is -0.0179. The lowest BCUT2D eigenvalue weighted by atomic mass is 9.66. The summed E-state index contributed by atoms with van der Waals surface area (Å²) in [5, 5.41) is 0. The summed E-state index contributed by atoms with van der Waals surface area (Å²) in [5.74, 6) is 3.31. The van der Waals surface area contributed by atoms with E-state index in [1.165, 1.54) is 32.1 Å². The van der Waals surface area contributed by atoms with Crippen molar-refractivity contribution < 1.29 is 9.47 Å². The van der Waals surface area contributed by atoms with E-state index in [1.54, 1.807) is 0 Å². The summed E-state index contributed by atoms with van der Waals surface area (Å²) in [7, 11) is 0. The van der Waals surface area contributed by atoms with Crippen molar-refractivity contribution in [3.05, 3.63) is 0 Å². The topological polar surface area (TPSA) is 18.5 Å². The van der Waals surface area contributed by atoms with Gasteiger partial charge >= 0.3 is 0 Å². The molecule has 2 saturated heterocycles. The summed E-state index contributed by atoms with van der Waals surface area (Å²) in [4.78, 5) is 0. The summed E-state index contributed by atoms with van der Waals surface area (Å²) in [6, 6.07) is 0. The molecule has 0 aromatic heterocycles. The second-order valence-corrected chi connectivity index (χ2v) is 19.7. The zero-order chi connectivity index (χ0) is 30.8. The van der Waals surface area contributed by atoms with Crippen LogP contribution in [0.2, 0.25) is 0 Å². The largest absolute Gasteiger partial charge is 0.377 e. The Bertz CT molecular complexity index is 548. The van der Waals surface area contributed by atoms with Crippen molar-refractivity contribution in [3.8, 4) is 0 Å². The lowest BCUT2D eigenvalue weighted by Crippen LogP contribution is -2.37. The van der Waals surface area contributed by atoms with E-state index in [4.69, 9.17) is 9.47 Å². The van der Waals surface area contributed by atoms with Gasteiger partial charge in [-0.15, -0.1) is 0 Å². The van der Waals surface area contributed by atoms with Gasteiger partial charge in [0.15, 0.2) is 0 Å². The van der Waals surface area contributed by atoms with Gasteiger partial charge in [0.25, 0.3) is 0 Å². The summed E-state index contributed by atoms with van der Waals surface area (Å²) in [6.45, 7) is 43.9. The van der Waals surface area contributed by atoms with E-state index in [2.05, 4.69) is 125 Å².